The number of hydrogen-bond acceptors (Lipinski definition) is 3. The van der Waals surface area contributed by atoms with E-state index < -0.39 is 6.04 Å². The summed E-state index contributed by atoms with van der Waals surface area (Å²) in [5, 5.41) is 11.4. The molecule has 1 rings (SSSR count). The molecule has 0 bridgehead atoms. The second-order valence-electron chi connectivity index (χ2n) is 3.05. The Balaban J connectivity index is 2.64. The minimum atomic E-state index is -0.478. The van der Waals surface area contributed by atoms with Crippen LogP contribution in [-0.2, 0) is 0 Å². The van der Waals surface area contributed by atoms with Gasteiger partial charge in [-0.15, -0.1) is 0 Å². The van der Waals surface area contributed by atoms with Crippen molar-refractivity contribution in [1.82, 2.24) is 5.32 Å². The van der Waals surface area contributed by atoms with Crippen molar-refractivity contribution in [2.75, 3.05) is 0 Å². The molecule has 1 atom stereocenters. The van der Waals surface area contributed by atoms with Crippen LogP contribution in [0.4, 0.5) is 0 Å². The quantitative estimate of drug-likeness (QED) is 0.857. The fourth-order valence-corrected chi connectivity index (χ4v) is 1.35. The van der Waals surface area contributed by atoms with Gasteiger partial charge in [-0.05, 0) is 24.1 Å². The van der Waals surface area contributed by atoms with Crippen LogP contribution in [0.25, 0.3) is 0 Å². The monoisotopic (exact) mass is 226 g/mol. The van der Waals surface area contributed by atoms with Gasteiger partial charge in [-0.2, -0.15) is 5.26 Å². The lowest BCUT2D eigenvalue weighted by atomic mass is 10.2. The van der Waals surface area contributed by atoms with Crippen LogP contribution in [0.1, 0.15) is 30.1 Å². The summed E-state index contributed by atoms with van der Waals surface area (Å²) in [7, 11) is 0. The Morgan fingerprint density at radius 2 is 2.53 bits per heavy atom. The fourth-order valence-electron chi connectivity index (χ4n) is 1.15. The zero-order chi connectivity index (χ0) is 11.3. The van der Waals surface area contributed by atoms with Crippen LogP contribution in [0, 0.1) is 11.3 Å². The van der Waals surface area contributed by atoms with Crippen LogP contribution >= 0.6 is 11.6 Å². The molecule has 80 valence electrons. The number of amides is 1. The highest BCUT2D eigenvalue weighted by Crippen LogP contribution is 2.16. The minimum Gasteiger partial charge on any atom is -0.452 e. The highest BCUT2D eigenvalue weighted by atomic mass is 35.5. The van der Waals surface area contributed by atoms with Crippen molar-refractivity contribution in [3.05, 3.63) is 23.1 Å². The molecule has 15 heavy (non-hydrogen) atoms. The van der Waals surface area contributed by atoms with Gasteiger partial charge in [-0.1, -0.05) is 13.3 Å². The second kappa shape index (κ2) is 5.42. The van der Waals surface area contributed by atoms with E-state index in [1.165, 1.54) is 12.3 Å². The molecule has 1 aromatic heterocycles. The Kier molecular flexibility index (Phi) is 4.19. The predicted octanol–water partition coefficient (Wildman–Crippen LogP) is 2.36. The number of nitriles is 1. The maximum Gasteiger partial charge on any atom is 0.257 e. The summed E-state index contributed by atoms with van der Waals surface area (Å²) >= 11 is 5.63. The molecular weight excluding hydrogens is 216 g/mol. The van der Waals surface area contributed by atoms with E-state index in [1.54, 1.807) is 0 Å². The van der Waals surface area contributed by atoms with Crippen LogP contribution in [0.15, 0.2) is 16.7 Å². The molecule has 4 nitrogen and oxygen atoms in total. The summed E-state index contributed by atoms with van der Waals surface area (Å²) in [6, 6.07) is 3.00. The number of hydrogen-bond donors (Lipinski definition) is 1. The molecule has 1 heterocycles. The lowest BCUT2D eigenvalue weighted by molar-refractivity contribution is 0.0943. The SMILES string of the molecule is CCCC(C#N)NC(=O)c1ccoc1Cl. The van der Waals surface area contributed by atoms with Crippen LogP contribution in [0.3, 0.4) is 0 Å². The molecule has 1 amide bonds. The average molecular weight is 227 g/mol. The standard InChI is InChI=1S/C10H11ClN2O2/c1-2-3-7(6-12)13-10(14)8-4-5-15-9(8)11/h4-5,7H,2-3H2,1H3,(H,13,14). The van der Waals surface area contributed by atoms with Crippen molar-refractivity contribution in [3.63, 3.8) is 0 Å². The van der Waals surface area contributed by atoms with Gasteiger partial charge in [0.2, 0.25) is 5.22 Å². The molecule has 1 aromatic rings. The van der Waals surface area contributed by atoms with E-state index in [-0.39, 0.29) is 16.7 Å². The van der Waals surface area contributed by atoms with Gasteiger partial charge < -0.3 is 9.73 Å². The van der Waals surface area contributed by atoms with Crippen LogP contribution < -0.4 is 5.32 Å². The molecule has 0 aliphatic carbocycles. The molecule has 0 aliphatic heterocycles. The van der Waals surface area contributed by atoms with Crippen LogP contribution in [-0.4, -0.2) is 11.9 Å². The van der Waals surface area contributed by atoms with E-state index >= 15 is 0 Å². The van der Waals surface area contributed by atoms with Gasteiger partial charge >= 0.3 is 0 Å². The summed E-state index contributed by atoms with van der Waals surface area (Å²) in [5.74, 6) is -0.381. The molecular formula is C10H11ClN2O2. The van der Waals surface area contributed by atoms with Crippen molar-refractivity contribution in [3.8, 4) is 6.07 Å². The van der Waals surface area contributed by atoms with Crippen molar-refractivity contribution in [1.29, 1.82) is 5.26 Å². The van der Waals surface area contributed by atoms with Gasteiger partial charge in [0.15, 0.2) is 0 Å². The zero-order valence-electron chi connectivity index (χ0n) is 8.29. The van der Waals surface area contributed by atoms with E-state index in [4.69, 9.17) is 21.3 Å². The molecule has 0 saturated heterocycles. The third kappa shape index (κ3) is 3.00. The first kappa shape index (κ1) is 11.6. The minimum absolute atomic E-state index is 0.0423. The smallest absolute Gasteiger partial charge is 0.257 e. The average Bonchev–Trinajstić information content (AvgIpc) is 2.63. The third-order valence-electron chi connectivity index (χ3n) is 1.90. The van der Waals surface area contributed by atoms with Gasteiger partial charge in [0.05, 0.1) is 17.9 Å². The summed E-state index contributed by atoms with van der Waals surface area (Å²) in [6.45, 7) is 1.95. The van der Waals surface area contributed by atoms with Crippen LogP contribution in [0.2, 0.25) is 5.22 Å². The van der Waals surface area contributed by atoms with Gasteiger partial charge in [-0.25, -0.2) is 0 Å². The number of nitrogens with zero attached hydrogens (tertiary/aromatic N) is 1. The first-order valence-electron chi connectivity index (χ1n) is 4.62. The van der Waals surface area contributed by atoms with E-state index in [1.807, 2.05) is 13.0 Å². The summed E-state index contributed by atoms with van der Waals surface area (Å²) in [4.78, 5) is 11.6. The molecule has 0 radical (unpaired) electrons. The largest absolute Gasteiger partial charge is 0.452 e. The molecule has 5 heteroatoms. The van der Waals surface area contributed by atoms with Gasteiger partial charge in [-0.3, -0.25) is 4.79 Å². The summed E-state index contributed by atoms with van der Waals surface area (Å²) < 4.78 is 4.78. The van der Waals surface area contributed by atoms with Crippen molar-refractivity contribution >= 4 is 17.5 Å². The number of carbonyl (C=O) groups is 1. The number of furan rings is 1. The first-order chi connectivity index (χ1) is 7.19. The lowest BCUT2D eigenvalue weighted by Crippen LogP contribution is -2.33. The molecule has 0 aromatic carbocycles. The second-order valence-corrected chi connectivity index (χ2v) is 3.40. The predicted molar refractivity (Wildman–Crippen MR) is 55.5 cm³/mol. The zero-order valence-corrected chi connectivity index (χ0v) is 9.04. The molecule has 0 fully saturated rings. The fraction of sp³-hybridized carbons (Fsp3) is 0.400. The normalized spacial score (nSPS) is 11.8. The van der Waals surface area contributed by atoms with E-state index in [2.05, 4.69) is 5.32 Å². The summed E-state index contributed by atoms with van der Waals surface area (Å²) in [5.41, 5.74) is 0.257. The van der Waals surface area contributed by atoms with Crippen LogP contribution in [0.5, 0.6) is 0 Å². The van der Waals surface area contributed by atoms with Crippen molar-refractivity contribution in [2.24, 2.45) is 0 Å². The maximum absolute atomic E-state index is 11.6. The molecule has 1 unspecified atom stereocenters. The molecule has 1 N–H and O–H groups in total. The van der Waals surface area contributed by atoms with Gasteiger partial charge in [0.1, 0.15) is 6.04 Å². The van der Waals surface area contributed by atoms with Gasteiger partial charge in [0, 0.05) is 0 Å². The Labute approximate surface area is 92.8 Å². The first-order valence-corrected chi connectivity index (χ1v) is 5.00. The van der Waals surface area contributed by atoms with E-state index in [0.29, 0.717) is 6.42 Å². The number of halogens is 1. The number of carbonyl (C=O) groups excluding carboxylic acids is 1. The highest BCUT2D eigenvalue weighted by Gasteiger charge is 2.16. The Morgan fingerprint density at radius 3 is 3.00 bits per heavy atom. The Hall–Kier alpha value is -1.47. The maximum atomic E-state index is 11.6. The van der Waals surface area contributed by atoms with Gasteiger partial charge in [0.25, 0.3) is 5.91 Å². The van der Waals surface area contributed by atoms with Crippen molar-refractivity contribution in [2.45, 2.75) is 25.8 Å². The highest BCUT2D eigenvalue weighted by molar-refractivity contribution is 6.32. The Morgan fingerprint density at radius 1 is 1.80 bits per heavy atom. The number of nitrogens with one attached hydrogen (secondary N) is 1. The summed E-state index contributed by atoms with van der Waals surface area (Å²) in [6.07, 6.45) is 2.79. The molecule has 0 aliphatic rings. The molecule has 0 spiro atoms. The molecule has 0 saturated carbocycles. The number of rotatable bonds is 4. The lowest BCUT2D eigenvalue weighted by Gasteiger charge is -2.08. The Bertz CT molecular complexity index is 381. The third-order valence-corrected chi connectivity index (χ3v) is 2.19. The van der Waals surface area contributed by atoms with E-state index in [0.717, 1.165) is 6.42 Å². The topological polar surface area (TPSA) is 66.0 Å². The van der Waals surface area contributed by atoms with E-state index in [9.17, 15) is 4.79 Å². The van der Waals surface area contributed by atoms with Crippen molar-refractivity contribution < 1.29 is 9.21 Å².